The number of carboxylic acids is 1. The molecular formula is C40H78O3. The first-order valence-corrected chi connectivity index (χ1v) is 19.9. The Hall–Kier alpha value is -0.860. The molecular weight excluding hydrogens is 528 g/mol. The van der Waals surface area contributed by atoms with Gasteiger partial charge in [-0.3, -0.25) is 9.59 Å². The van der Waals surface area contributed by atoms with Crippen LogP contribution in [0.3, 0.4) is 0 Å². The van der Waals surface area contributed by atoms with Crippen LogP contribution in [-0.2, 0) is 9.59 Å². The van der Waals surface area contributed by atoms with E-state index in [1.54, 1.807) is 0 Å². The molecule has 43 heavy (non-hydrogen) atoms. The van der Waals surface area contributed by atoms with Crippen molar-refractivity contribution in [2.24, 2.45) is 5.92 Å². The number of ketones is 1. The summed E-state index contributed by atoms with van der Waals surface area (Å²) in [4.78, 5) is 23.6. The number of unbranched alkanes of at least 4 members (excludes halogenated alkanes) is 28. The molecule has 3 nitrogen and oxygen atoms in total. The number of carboxylic acid groups (broad SMARTS) is 1. The second-order valence-corrected chi connectivity index (χ2v) is 13.9. The highest BCUT2D eigenvalue weighted by molar-refractivity contribution is 5.80. The van der Waals surface area contributed by atoms with Gasteiger partial charge in [-0.1, -0.05) is 200 Å². The molecule has 0 spiro atoms. The quantitative estimate of drug-likeness (QED) is 0.0716. The zero-order chi connectivity index (χ0) is 31.5. The minimum atomic E-state index is -0.672. The molecule has 0 saturated heterocycles. The number of Topliss-reactive ketones (excluding diaryl/α,β-unsaturated/α-hetero) is 1. The van der Waals surface area contributed by atoms with E-state index in [9.17, 15) is 9.59 Å². The molecule has 0 saturated carbocycles. The second kappa shape index (κ2) is 35.6. The van der Waals surface area contributed by atoms with Crippen molar-refractivity contribution in [2.75, 3.05) is 0 Å². The third-order valence-electron chi connectivity index (χ3n) is 9.58. The minimum absolute atomic E-state index is 0.309. The number of hydrogen-bond acceptors (Lipinski definition) is 2. The Morgan fingerprint density at radius 3 is 0.953 bits per heavy atom. The van der Waals surface area contributed by atoms with Crippen LogP contribution < -0.4 is 0 Å². The average molecular weight is 607 g/mol. The molecule has 0 radical (unpaired) electrons. The van der Waals surface area contributed by atoms with Gasteiger partial charge in [0.25, 0.3) is 0 Å². The topological polar surface area (TPSA) is 54.4 Å². The predicted molar refractivity (Wildman–Crippen MR) is 189 cm³/mol. The van der Waals surface area contributed by atoms with Crippen molar-refractivity contribution in [1.82, 2.24) is 0 Å². The summed E-state index contributed by atoms with van der Waals surface area (Å²) in [6.07, 6.45) is 44.1. The van der Waals surface area contributed by atoms with Crippen molar-refractivity contribution in [2.45, 2.75) is 239 Å². The molecule has 0 aliphatic heterocycles. The normalized spacial score (nSPS) is 12.1. The zero-order valence-corrected chi connectivity index (χ0v) is 29.6. The van der Waals surface area contributed by atoms with E-state index >= 15 is 0 Å². The van der Waals surface area contributed by atoms with E-state index < -0.39 is 5.97 Å². The smallest absolute Gasteiger partial charge is 0.303 e. The molecule has 0 aromatic carbocycles. The van der Waals surface area contributed by atoms with Crippen LogP contribution in [0.5, 0.6) is 0 Å². The Bertz CT molecular complexity index is 572. The lowest BCUT2D eigenvalue weighted by Gasteiger charge is -2.16. The maximum Gasteiger partial charge on any atom is 0.303 e. The number of carbonyl (C=O) groups excluding carboxylic acids is 1. The van der Waals surface area contributed by atoms with Gasteiger partial charge in [0.15, 0.2) is 0 Å². The Morgan fingerprint density at radius 2 is 0.628 bits per heavy atom. The van der Waals surface area contributed by atoms with Crippen LogP contribution in [0, 0.1) is 5.92 Å². The van der Waals surface area contributed by atoms with Crippen LogP contribution in [-0.4, -0.2) is 16.9 Å². The Morgan fingerprint density at radius 1 is 0.372 bits per heavy atom. The molecule has 256 valence electrons. The van der Waals surface area contributed by atoms with Crippen molar-refractivity contribution >= 4 is 11.8 Å². The fourth-order valence-electron chi connectivity index (χ4n) is 6.59. The summed E-state index contributed by atoms with van der Waals surface area (Å²) < 4.78 is 0. The van der Waals surface area contributed by atoms with Crippen LogP contribution in [0.1, 0.15) is 239 Å². The highest BCUT2D eigenvalue weighted by Crippen LogP contribution is 2.23. The molecule has 3 heteroatoms. The highest BCUT2D eigenvalue weighted by atomic mass is 16.4. The second-order valence-electron chi connectivity index (χ2n) is 13.9. The number of hydrogen-bond donors (Lipinski definition) is 1. The summed E-state index contributed by atoms with van der Waals surface area (Å²) >= 11 is 0. The van der Waals surface area contributed by atoms with Crippen LogP contribution in [0.25, 0.3) is 0 Å². The van der Waals surface area contributed by atoms with Gasteiger partial charge in [0.05, 0.1) is 0 Å². The number of rotatable bonds is 37. The molecule has 1 atom stereocenters. The summed E-state index contributed by atoms with van der Waals surface area (Å²) in [5.41, 5.74) is 0. The fourth-order valence-corrected chi connectivity index (χ4v) is 6.59. The van der Waals surface area contributed by atoms with Crippen molar-refractivity contribution in [3.05, 3.63) is 0 Å². The molecule has 0 rings (SSSR count). The molecule has 0 aliphatic rings. The van der Waals surface area contributed by atoms with E-state index in [4.69, 9.17) is 5.11 Å². The number of carbonyl (C=O) groups is 2. The predicted octanol–water partition coefficient (Wildman–Crippen LogP) is 13.9. The first-order valence-electron chi connectivity index (χ1n) is 19.9. The van der Waals surface area contributed by atoms with Gasteiger partial charge in [0, 0.05) is 18.8 Å². The van der Waals surface area contributed by atoms with Gasteiger partial charge in [-0.15, -0.1) is 0 Å². The maximum absolute atomic E-state index is 13.1. The zero-order valence-electron chi connectivity index (χ0n) is 29.6. The third-order valence-corrected chi connectivity index (χ3v) is 9.58. The largest absolute Gasteiger partial charge is 0.481 e. The number of aliphatic carboxylic acids is 1. The van der Waals surface area contributed by atoms with Crippen molar-refractivity contribution in [3.63, 3.8) is 0 Å². The lowest BCUT2D eigenvalue weighted by Crippen LogP contribution is -2.14. The lowest BCUT2D eigenvalue weighted by atomic mass is 9.88. The van der Waals surface area contributed by atoms with Gasteiger partial charge in [0.2, 0.25) is 0 Å². The molecule has 0 heterocycles. The van der Waals surface area contributed by atoms with Gasteiger partial charge >= 0.3 is 5.97 Å². The minimum Gasteiger partial charge on any atom is -0.481 e. The Kier molecular flexibility index (Phi) is 34.9. The van der Waals surface area contributed by atoms with E-state index in [0.717, 1.165) is 44.9 Å². The summed E-state index contributed by atoms with van der Waals surface area (Å²) in [5.74, 6) is 0.194. The van der Waals surface area contributed by atoms with Gasteiger partial charge in [0.1, 0.15) is 5.78 Å². The molecule has 1 unspecified atom stereocenters. The van der Waals surface area contributed by atoms with Gasteiger partial charge in [-0.2, -0.15) is 0 Å². The van der Waals surface area contributed by atoms with Gasteiger partial charge in [-0.25, -0.2) is 0 Å². The van der Waals surface area contributed by atoms with Crippen molar-refractivity contribution in [3.8, 4) is 0 Å². The molecule has 0 aromatic rings. The molecule has 0 aliphatic carbocycles. The van der Waals surface area contributed by atoms with E-state index in [-0.39, 0.29) is 0 Å². The molecule has 0 fully saturated rings. The molecule has 1 N–H and O–H groups in total. The Balaban J connectivity index is 3.71. The van der Waals surface area contributed by atoms with Crippen LogP contribution in [0.15, 0.2) is 0 Å². The van der Waals surface area contributed by atoms with Crippen molar-refractivity contribution in [1.29, 1.82) is 0 Å². The first kappa shape index (κ1) is 42.1. The average Bonchev–Trinajstić information content (AvgIpc) is 3.00. The van der Waals surface area contributed by atoms with E-state index in [2.05, 4.69) is 13.8 Å². The van der Waals surface area contributed by atoms with Gasteiger partial charge < -0.3 is 5.11 Å². The summed E-state index contributed by atoms with van der Waals surface area (Å²) in [6.45, 7) is 4.55. The fraction of sp³-hybridized carbons (Fsp3) is 0.950. The van der Waals surface area contributed by atoms with Crippen LogP contribution >= 0.6 is 0 Å². The van der Waals surface area contributed by atoms with Crippen molar-refractivity contribution < 1.29 is 14.7 Å². The summed E-state index contributed by atoms with van der Waals surface area (Å²) in [7, 11) is 0. The Labute approximate surface area is 270 Å². The van der Waals surface area contributed by atoms with Gasteiger partial charge in [-0.05, 0) is 25.7 Å². The monoisotopic (exact) mass is 607 g/mol. The summed E-state index contributed by atoms with van der Waals surface area (Å²) in [6, 6.07) is 0. The molecule has 0 amide bonds. The van der Waals surface area contributed by atoms with E-state index in [0.29, 0.717) is 18.1 Å². The standard InChI is InChI=1S/C40H78O3/c1-3-5-7-9-10-11-12-13-14-15-16-17-18-19-20-21-25-28-32-36-39(41)38(34-30-8-6-4-2)35-31-27-24-22-23-26-29-33-37-40(42)43/h38H,3-37H2,1-2H3,(H,42,43). The van der Waals surface area contributed by atoms with E-state index in [1.807, 2.05) is 0 Å². The van der Waals surface area contributed by atoms with E-state index in [1.165, 1.54) is 173 Å². The lowest BCUT2D eigenvalue weighted by molar-refractivity contribution is -0.137. The van der Waals surface area contributed by atoms with Crippen LogP contribution in [0.2, 0.25) is 0 Å². The highest BCUT2D eigenvalue weighted by Gasteiger charge is 2.17. The third kappa shape index (κ3) is 33.9. The maximum atomic E-state index is 13.1. The first-order chi connectivity index (χ1) is 21.1. The molecule has 0 aromatic heterocycles. The summed E-state index contributed by atoms with van der Waals surface area (Å²) in [5, 5.41) is 8.72. The SMILES string of the molecule is CCCCCCCCCCCCCCCCCCCCCC(=O)C(CCCCCC)CCCCCCCCCCC(=O)O. The van der Waals surface area contributed by atoms with Crippen LogP contribution in [0.4, 0.5) is 0 Å². The molecule has 0 bridgehead atoms.